The van der Waals surface area contributed by atoms with Gasteiger partial charge in [-0.15, -0.1) is 0 Å². The lowest BCUT2D eigenvalue weighted by molar-refractivity contribution is -0.143. The number of hydrogen-bond donors (Lipinski definition) is 0. The lowest BCUT2D eigenvalue weighted by Crippen LogP contribution is -2.42. The molecule has 1 aliphatic heterocycles. The van der Waals surface area contributed by atoms with Crippen molar-refractivity contribution in [2.75, 3.05) is 43.2 Å². The van der Waals surface area contributed by atoms with Crippen LogP contribution in [0.15, 0.2) is 60.7 Å². The quantitative estimate of drug-likeness (QED) is 0.301. The average molecular weight is 565 g/mol. The van der Waals surface area contributed by atoms with Gasteiger partial charge in [0.15, 0.2) is 0 Å². The number of carbonyl (C=O) groups excluding carboxylic acids is 1. The average Bonchev–Trinajstić information content (AvgIpc) is 2.91. The molecular weight excluding hydrogens is 534 g/mol. The Balaban J connectivity index is 1.80. The van der Waals surface area contributed by atoms with Gasteiger partial charge in [-0.05, 0) is 73.9 Å². The van der Waals surface area contributed by atoms with E-state index in [1.807, 2.05) is 43.3 Å². The molecular formula is C30H30F6N2O2. The van der Waals surface area contributed by atoms with E-state index in [9.17, 15) is 31.1 Å². The summed E-state index contributed by atoms with van der Waals surface area (Å²) in [5, 5.41) is 0. The van der Waals surface area contributed by atoms with Gasteiger partial charge in [0.25, 0.3) is 0 Å². The van der Waals surface area contributed by atoms with Gasteiger partial charge in [-0.2, -0.15) is 26.3 Å². The van der Waals surface area contributed by atoms with Gasteiger partial charge in [0.2, 0.25) is 5.91 Å². The molecule has 1 saturated heterocycles. The predicted molar refractivity (Wildman–Crippen MR) is 143 cm³/mol. The van der Waals surface area contributed by atoms with Gasteiger partial charge in [0.05, 0.1) is 35.4 Å². The van der Waals surface area contributed by atoms with Gasteiger partial charge < -0.3 is 14.5 Å². The number of amides is 1. The third-order valence-corrected chi connectivity index (χ3v) is 7.30. The summed E-state index contributed by atoms with van der Waals surface area (Å²) in [6.45, 7) is 7.11. The molecule has 1 heterocycles. The van der Waals surface area contributed by atoms with Crippen LogP contribution in [0.3, 0.4) is 0 Å². The molecule has 0 N–H and O–H groups in total. The van der Waals surface area contributed by atoms with Crippen molar-refractivity contribution in [2.45, 2.75) is 38.5 Å². The third kappa shape index (κ3) is 5.96. The zero-order chi connectivity index (χ0) is 29.5. The molecule has 0 radical (unpaired) electrons. The number of carbonyl (C=O) groups is 1. The van der Waals surface area contributed by atoms with Gasteiger partial charge in [-0.25, -0.2) is 0 Å². The Morgan fingerprint density at radius 3 is 1.90 bits per heavy atom. The molecule has 1 aliphatic rings. The van der Waals surface area contributed by atoms with E-state index >= 15 is 0 Å². The zero-order valence-electron chi connectivity index (χ0n) is 22.6. The number of aryl methyl sites for hydroxylation is 1. The Morgan fingerprint density at radius 2 is 1.35 bits per heavy atom. The van der Waals surface area contributed by atoms with Crippen molar-refractivity contribution in [3.63, 3.8) is 0 Å². The largest absolute Gasteiger partial charge is 0.416 e. The number of rotatable bonds is 5. The fourth-order valence-electron chi connectivity index (χ4n) is 4.89. The summed E-state index contributed by atoms with van der Waals surface area (Å²) < 4.78 is 86.7. The zero-order valence-corrected chi connectivity index (χ0v) is 22.6. The number of halogens is 6. The molecule has 0 unspecified atom stereocenters. The van der Waals surface area contributed by atoms with Crippen molar-refractivity contribution in [1.82, 2.24) is 0 Å². The standard InChI is InChI=1S/C30H30F6N2O2/c1-19-7-5-6-8-24(19)25-18-23(38-11-13-40-14-12-38)9-10-26(25)37(4)27(39)28(2,3)20-15-21(29(31,32)33)17-22(16-20)30(34,35)36/h5-10,15-18H,11-14H2,1-4H3. The van der Waals surface area contributed by atoms with Gasteiger partial charge in [0, 0.05) is 31.4 Å². The molecule has 10 heteroatoms. The fraction of sp³-hybridized carbons (Fsp3) is 0.367. The number of ether oxygens (including phenoxy) is 1. The topological polar surface area (TPSA) is 32.8 Å². The van der Waals surface area contributed by atoms with Crippen LogP contribution in [-0.2, 0) is 27.3 Å². The first kappa shape index (κ1) is 29.5. The predicted octanol–water partition coefficient (Wildman–Crippen LogP) is 7.48. The molecule has 0 aromatic heterocycles. The van der Waals surface area contributed by atoms with Crippen LogP contribution in [0.2, 0.25) is 0 Å². The van der Waals surface area contributed by atoms with Crippen molar-refractivity contribution >= 4 is 17.3 Å². The fourth-order valence-corrected chi connectivity index (χ4v) is 4.89. The van der Waals surface area contributed by atoms with Crippen LogP contribution < -0.4 is 9.80 Å². The Morgan fingerprint density at radius 1 is 0.800 bits per heavy atom. The summed E-state index contributed by atoms with van der Waals surface area (Å²) >= 11 is 0. The monoisotopic (exact) mass is 564 g/mol. The maximum absolute atomic E-state index is 13.9. The Hall–Kier alpha value is -3.53. The molecule has 3 aromatic rings. The van der Waals surface area contributed by atoms with E-state index in [1.165, 1.54) is 25.8 Å². The molecule has 4 nitrogen and oxygen atoms in total. The van der Waals surface area contributed by atoms with Crippen LogP contribution in [0.25, 0.3) is 11.1 Å². The van der Waals surface area contributed by atoms with Gasteiger partial charge >= 0.3 is 12.4 Å². The second-order valence-corrected chi connectivity index (χ2v) is 10.4. The van der Waals surface area contributed by atoms with Crippen molar-refractivity contribution in [3.8, 4) is 11.1 Å². The molecule has 1 amide bonds. The van der Waals surface area contributed by atoms with E-state index < -0.39 is 34.8 Å². The summed E-state index contributed by atoms with van der Waals surface area (Å²) in [6.07, 6.45) is -10.0. The number of alkyl halides is 6. The second kappa shape index (κ2) is 10.8. The normalized spacial score (nSPS) is 14.8. The smallest absolute Gasteiger partial charge is 0.378 e. The summed E-state index contributed by atoms with van der Waals surface area (Å²) in [7, 11) is 1.48. The number of likely N-dealkylation sites (N-methyl/N-ethyl adjacent to an activating group) is 1. The highest BCUT2D eigenvalue weighted by Gasteiger charge is 2.41. The molecule has 40 heavy (non-hydrogen) atoms. The Labute approximate surface area is 229 Å². The molecule has 0 aliphatic carbocycles. The van der Waals surface area contributed by atoms with Crippen LogP contribution in [0.5, 0.6) is 0 Å². The first-order valence-electron chi connectivity index (χ1n) is 12.7. The van der Waals surface area contributed by atoms with E-state index in [1.54, 1.807) is 6.07 Å². The van der Waals surface area contributed by atoms with Crippen molar-refractivity contribution in [1.29, 1.82) is 0 Å². The van der Waals surface area contributed by atoms with E-state index in [-0.39, 0.29) is 11.6 Å². The third-order valence-electron chi connectivity index (χ3n) is 7.30. The van der Waals surface area contributed by atoms with Crippen LogP contribution in [0.4, 0.5) is 37.7 Å². The lowest BCUT2D eigenvalue weighted by atomic mass is 9.81. The van der Waals surface area contributed by atoms with Gasteiger partial charge in [-0.3, -0.25) is 4.79 Å². The number of hydrogen-bond acceptors (Lipinski definition) is 3. The minimum Gasteiger partial charge on any atom is -0.378 e. The minimum atomic E-state index is -5.02. The van der Waals surface area contributed by atoms with Gasteiger partial charge in [0.1, 0.15) is 0 Å². The van der Waals surface area contributed by atoms with Crippen molar-refractivity contribution in [2.24, 2.45) is 0 Å². The molecule has 0 saturated carbocycles. The highest BCUT2D eigenvalue weighted by Crippen LogP contribution is 2.41. The SMILES string of the molecule is Cc1ccccc1-c1cc(N2CCOCC2)ccc1N(C)C(=O)C(C)(C)c1cc(C(F)(F)F)cc(C(F)(F)F)c1. The number of morpholine rings is 1. The minimum absolute atomic E-state index is 0.0639. The van der Waals surface area contributed by atoms with E-state index in [2.05, 4.69) is 4.90 Å². The molecule has 3 aromatic carbocycles. The number of nitrogens with zero attached hydrogens (tertiary/aromatic N) is 2. The summed E-state index contributed by atoms with van der Waals surface area (Å²) in [5.74, 6) is -0.658. The first-order chi connectivity index (χ1) is 18.6. The van der Waals surface area contributed by atoms with Gasteiger partial charge in [-0.1, -0.05) is 24.3 Å². The Bertz CT molecular complexity index is 1360. The molecule has 4 rings (SSSR count). The molecule has 0 atom stereocenters. The highest BCUT2D eigenvalue weighted by molar-refractivity contribution is 6.03. The van der Waals surface area contributed by atoms with E-state index in [4.69, 9.17) is 4.74 Å². The number of anilines is 2. The second-order valence-electron chi connectivity index (χ2n) is 10.4. The maximum Gasteiger partial charge on any atom is 0.416 e. The van der Waals surface area contributed by atoms with E-state index in [0.29, 0.717) is 49.7 Å². The lowest BCUT2D eigenvalue weighted by Gasteiger charge is -2.33. The van der Waals surface area contributed by atoms with Crippen molar-refractivity contribution in [3.05, 3.63) is 82.9 Å². The van der Waals surface area contributed by atoms with E-state index in [0.717, 1.165) is 16.8 Å². The molecule has 214 valence electrons. The van der Waals surface area contributed by atoms with Crippen LogP contribution in [-0.4, -0.2) is 39.3 Å². The summed E-state index contributed by atoms with van der Waals surface area (Å²) in [4.78, 5) is 17.3. The molecule has 0 spiro atoms. The summed E-state index contributed by atoms with van der Waals surface area (Å²) in [5.41, 5.74) is -1.12. The maximum atomic E-state index is 13.9. The van der Waals surface area contributed by atoms with Crippen LogP contribution in [0.1, 0.15) is 36.1 Å². The van der Waals surface area contributed by atoms with Crippen LogP contribution in [0, 0.1) is 6.92 Å². The Kier molecular flexibility index (Phi) is 7.95. The van der Waals surface area contributed by atoms with Crippen LogP contribution >= 0.6 is 0 Å². The highest BCUT2D eigenvalue weighted by atomic mass is 19.4. The first-order valence-corrected chi connectivity index (χ1v) is 12.7. The molecule has 0 bridgehead atoms. The number of benzene rings is 3. The molecule has 1 fully saturated rings. The van der Waals surface area contributed by atoms with Crippen molar-refractivity contribution < 1.29 is 35.9 Å². The summed E-state index contributed by atoms with van der Waals surface area (Å²) in [6, 6.07) is 14.4.